The maximum atomic E-state index is 9.34. The van der Waals surface area contributed by atoms with Crippen molar-refractivity contribution in [2.75, 3.05) is 31.3 Å². The Hall–Kier alpha value is -1.57. The summed E-state index contributed by atoms with van der Waals surface area (Å²) in [5.41, 5.74) is 2.62. The summed E-state index contributed by atoms with van der Waals surface area (Å²) in [4.78, 5) is 2.06. The van der Waals surface area contributed by atoms with Gasteiger partial charge in [-0.25, -0.2) is 0 Å². The molecule has 0 spiro atoms. The molecule has 1 aromatic carbocycles. The van der Waals surface area contributed by atoms with Gasteiger partial charge < -0.3 is 14.7 Å². The van der Waals surface area contributed by atoms with Gasteiger partial charge >= 0.3 is 0 Å². The van der Waals surface area contributed by atoms with Gasteiger partial charge in [-0.15, -0.1) is 0 Å². The summed E-state index contributed by atoms with van der Waals surface area (Å²) in [5.74, 6) is 0. The Morgan fingerprint density at radius 2 is 2.41 bits per heavy atom. The van der Waals surface area contributed by atoms with E-state index in [-0.39, 0.29) is 12.6 Å². The fraction of sp³-hybridized carbons (Fsp3) is 0.462. The molecule has 0 radical (unpaired) electrons. The Bertz CT molecular complexity index is 440. The Labute approximate surface area is 101 Å². The highest BCUT2D eigenvalue weighted by Crippen LogP contribution is 2.24. The third-order valence-corrected chi connectivity index (χ3v) is 3.02. The number of aliphatic hydroxyl groups is 1. The van der Waals surface area contributed by atoms with Gasteiger partial charge in [0.2, 0.25) is 0 Å². The zero-order valence-electron chi connectivity index (χ0n) is 9.89. The molecule has 0 aliphatic carbocycles. The summed E-state index contributed by atoms with van der Waals surface area (Å²) in [6, 6.07) is 7.96. The fourth-order valence-corrected chi connectivity index (χ4v) is 2.11. The highest BCUT2D eigenvalue weighted by Gasteiger charge is 2.24. The first-order valence-electron chi connectivity index (χ1n) is 5.72. The van der Waals surface area contributed by atoms with Crippen LogP contribution in [0.4, 0.5) is 5.69 Å². The number of aryl methyl sites for hydroxylation is 1. The Kier molecular flexibility index (Phi) is 3.62. The number of ether oxygens (including phenoxy) is 1. The number of nitriles is 1. The van der Waals surface area contributed by atoms with Crippen LogP contribution in [0.15, 0.2) is 18.2 Å². The zero-order chi connectivity index (χ0) is 12.3. The van der Waals surface area contributed by atoms with Gasteiger partial charge in [0.25, 0.3) is 0 Å². The van der Waals surface area contributed by atoms with Crippen molar-refractivity contribution >= 4 is 5.69 Å². The van der Waals surface area contributed by atoms with Crippen molar-refractivity contribution in [3.05, 3.63) is 29.3 Å². The predicted molar refractivity (Wildman–Crippen MR) is 64.9 cm³/mol. The predicted octanol–water partition coefficient (Wildman–Crippen LogP) is 1.06. The maximum absolute atomic E-state index is 9.34. The molecular formula is C13H16N2O2. The number of benzene rings is 1. The molecule has 1 aromatic rings. The zero-order valence-corrected chi connectivity index (χ0v) is 9.89. The maximum Gasteiger partial charge on any atom is 0.101 e. The first-order valence-corrected chi connectivity index (χ1v) is 5.72. The van der Waals surface area contributed by atoms with Crippen molar-refractivity contribution < 1.29 is 9.84 Å². The van der Waals surface area contributed by atoms with Crippen LogP contribution >= 0.6 is 0 Å². The molecule has 1 N–H and O–H groups in total. The Balaban J connectivity index is 2.35. The van der Waals surface area contributed by atoms with Gasteiger partial charge in [-0.05, 0) is 24.6 Å². The summed E-state index contributed by atoms with van der Waals surface area (Å²) < 4.78 is 5.34. The van der Waals surface area contributed by atoms with Gasteiger partial charge in [-0.1, -0.05) is 6.07 Å². The number of nitrogens with zero attached hydrogens (tertiary/aromatic N) is 2. The largest absolute Gasteiger partial charge is 0.394 e. The highest BCUT2D eigenvalue weighted by atomic mass is 16.5. The molecule has 1 aliphatic heterocycles. The van der Waals surface area contributed by atoms with E-state index < -0.39 is 0 Å². The molecule has 0 aromatic heterocycles. The molecule has 1 heterocycles. The first-order chi connectivity index (χ1) is 8.26. The van der Waals surface area contributed by atoms with Crippen molar-refractivity contribution in [2.24, 2.45) is 0 Å². The lowest BCUT2D eigenvalue weighted by Crippen LogP contribution is -2.48. The average Bonchev–Trinajstić information content (AvgIpc) is 2.38. The van der Waals surface area contributed by atoms with Crippen molar-refractivity contribution in [1.29, 1.82) is 5.26 Å². The van der Waals surface area contributed by atoms with E-state index in [0.717, 1.165) is 11.3 Å². The molecule has 0 amide bonds. The number of morpholine rings is 1. The van der Waals surface area contributed by atoms with Crippen LogP contribution in [0.3, 0.4) is 0 Å². The van der Waals surface area contributed by atoms with Gasteiger partial charge in [0.15, 0.2) is 0 Å². The summed E-state index contributed by atoms with van der Waals surface area (Å²) in [7, 11) is 0. The SMILES string of the molecule is Cc1ccc(N2CCOCC2CO)c(C#N)c1. The smallest absolute Gasteiger partial charge is 0.101 e. The van der Waals surface area contributed by atoms with Crippen LogP contribution in [0.2, 0.25) is 0 Å². The number of anilines is 1. The molecule has 1 fully saturated rings. The minimum absolute atomic E-state index is 0.0404. The van der Waals surface area contributed by atoms with E-state index >= 15 is 0 Å². The van der Waals surface area contributed by atoms with E-state index in [1.165, 1.54) is 0 Å². The van der Waals surface area contributed by atoms with Gasteiger partial charge in [-0.3, -0.25) is 0 Å². The van der Waals surface area contributed by atoms with Crippen LogP contribution in [0, 0.1) is 18.3 Å². The molecule has 1 saturated heterocycles. The summed E-state index contributed by atoms with van der Waals surface area (Å²) in [6.45, 7) is 3.86. The van der Waals surface area contributed by atoms with E-state index in [4.69, 9.17) is 10.00 Å². The summed E-state index contributed by atoms with van der Waals surface area (Å²) in [5, 5.41) is 18.5. The van der Waals surface area contributed by atoms with Crippen molar-refractivity contribution in [3.63, 3.8) is 0 Å². The molecule has 0 bridgehead atoms. The molecule has 90 valence electrons. The monoisotopic (exact) mass is 232 g/mol. The van der Waals surface area contributed by atoms with Crippen molar-refractivity contribution in [3.8, 4) is 6.07 Å². The molecule has 4 heteroatoms. The number of rotatable bonds is 2. The van der Waals surface area contributed by atoms with E-state index in [1.807, 2.05) is 25.1 Å². The minimum atomic E-state index is -0.0569. The molecule has 1 unspecified atom stereocenters. The van der Waals surface area contributed by atoms with Crippen LogP contribution in [0.1, 0.15) is 11.1 Å². The third-order valence-electron chi connectivity index (χ3n) is 3.02. The standard InChI is InChI=1S/C13H16N2O2/c1-10-2-3-13(11(6-10)7-14)15-4-5-17-9-12(15)8-16/h2-3,6,12,16H,4-5,8-9H2,1H3. The average molecular weight is 232 g/mol. The fourth-order valence-electron chi connectivity index (χ4n) is 2.11. The quantitative estimate of drug-likeness (QED) is 0.828. The Morgan fingerprint density at radius 1 is 1.59 bits per heavy atom. The Morgan fingerprint density at radius 3 is 3.12 bits per heavy atom. The number of hydrogen-bond donors (Lipinski definition) is 1. The van der Waals surface area contributed by atoms with Crippen molar-refractivity contribution in [2.45, 2.75) is 13.0 Å². The highest BCUT2D eigenvalue weighted by molar-refractivity contribution is 5.61. The molecule has 4 nitrogen and oxygen atoms in total. The molecular weight excluding hydrogens is 216 g/mol. The second-order valence-electron chi connectivity index (χ2n) is 4.24. The van der Waals surface area contributed by atoms with Crippen LogP contribution in [0.5, 0.6) is 0 Å². The molecule has 1 aliphatic rings. The van der Waals surface area contributed by atoms with Gasteiger partial charge in [0.1, 0.15) is 6.07 Å². The minimum Gasteiger partial charge on any atom is -0.394 e. The summed E-state index contributed by atoms with van der Waals surface area (Å²) in [6.07, 6.45) is 0. The van der Waals surface area contributed by atoms with Crippen LogP contribution < -0.4 is 4.90 Å². The first kappa shape index (κ1) is 11.9. The van der Waals surface area contributed by atoms with Crippen LogP contribution in [0.25, 0.3) is 0 Å². The third kappa shape index (κ3) is 2.41. The molecule has 1 atom stereocenters. The lowest BCUT2D eigenvalue weighted by Gasteiger charge is -2.36. The molecule has 17 heavy (non-hydrogen) atoms. The van der Waals surface area contributed by atoms with E-state index in [1.54, 1.807) is 0 Å². The van der Waals surface area contributed by atoms with Gasteiger partial charge in [0, 0.05) is 6.54 Å². The van der Waals surface area contributed by atoms with Gasteiger partial charge in [-0.2, -0.15) is 5.26 Å². The topological polar surface area (TPSA) is 56.5 Å². The van der Waals surface area contributed by atoms with Gasteiger partial charge in [0.05, 0.1) is 37.1 Å². The number of hydrogen-bond acceptors (Lipinski definition) is 4. The lowest BCUT2D eigenvalue weighted by atomic mass is 10.1. The molecule has 2 rings (SSSR count). The second-order valence-corrected chi connectivity index (χ2v) is 4.24. The second kappa shape index (κ2) is 5.17. The lowest BCUT2D eigenvalue weighted by molar-refractivity contribution is 0.0727. The van der Waals surface area contributed by atoms with Crippen LogP contribution in [-0.4, -0.2) is 37.5 Å². The van der Waals surface area contributed by atoms with E-state index in [2.05, 4.69) is 11.0 Å². The van der Waals surface area contributed by atoms with E-state index in [9.17, 15) is 5.11 Å². The molecule has 0 saturated carbocycles. The van der Waals surface area contributed by atoms with Crippen molar-refractivity contribution in [1.82, 2.24) is 0 Å². The normalized spacial score (nSPS) is 20.1. The summed E-state index contributed by atoms with van der Waals surface area (Å²) >= 11 is 0. The number of aliphatic hydroxyl groups excluding tert-OH is 1. The van der Waals surface area contributed by atoms with E-state index in [0.29, 0.717) is 25.3 Å². The van der Waals surface area contributed by atoms with Crippen LogP contribution in [-0.2, 0) is 4.74 Å².